The summed E-state index contributed by atoms with van der Waals surface area (Å²) in [7, 11) is 1.60. The van der Waals surface area contributed by atoms with Crippen LogP contribution in [-0.4, -0.2) is 41.9 Å². The van der Waals surface area contributed by atoms with Gasteiger partial charge in [0.05, 0.1) is 18.2 Å². The van der Waals surface area contributed by atoms with Crippen LogP contribution < -0.4 is 10.1 Å². The number of fused-ring (bicyclic) bond motifs is 1. The summed E-state index contributed by atoms with van der Waals surface area (Å²) < 4.78 is 5.19. The molecule has 3 fully saturated rings. The number of methoxy groups -OCH3 is 1. The largest absolute Gasteiger partial charge is 0.497 e. The van der Waals surface area contributed by atoms with Crippen molar-refractivity contribution in [2.24, 2.45) is 11.3 Å². The first-order valence-electron chi connectivity index (χ1n) is 9.80. The van der Waals surface area contributed by atoms with Crippen molar-refractivity contribution in [2.75, 3.05) is 25.5 Å². The smallest absolute Gasteiger partial charge is 0.284 e. The van der Waals surface area contributed by atoms with Crippen molar-refractivity contribution in [3.8, 4) is 5.75 Å². The maximum absolute atomic E-state index is 12.8. The average molecular weight is 398 g/mol. The Hall–Kier alpha value is -2.41. The van der Waals surface area contributed by atoms with E-state index in [0.717, 1.165) is 55.1 Å². The molecule has 0 unspecified atom stereocenters. The second kappa shape index (κ2) is 6.58. The van der Waals surface area contributed by atoms with Crippen LogP contribution in [0.3, 0.4) is 0 Å². The van der Waals surface area contributed by atoms with Crippen molar-refractivity contribution in [3.63, 3.8) is 0 Å². The van der Waals surface area contributed by atoms with Gasteiger partial charge in [-0.15, -0.1) is 11.3 Å². The molecule has 4 aliphatic rings. The molecule has 2 aromatic rings. The van der Waals surface area contributed by atoms with E-state index in [2.05, 4.69) is 10.3 Å². The molecule has 1 N–H and O–H groups in total. The monoisotopic (exact) mass is 397 g/mol. The number of anilines is 1. The third-order valence-electron chi connectivity index (χ3n) is 6.31. The van der Waals surface area contributed by atoms with E-state index in [-0.39, 0.29) is 11.3 Å². The van der Waals surface area contributed by atoms with Gasteiger partial charge in [0.25, 0.3) is 5.91 Å². The predicted octanol–water partition coefficient (Wildman–Crippen LogP) is 3.13. The molecule has 1 aromatic heterocycles. The van der Waals surface area contributed by atoms with Gasteiger partial charge >= 0.3 is 0 Å². The lowest BCUT2D eigenvalue weighted by Gasteiger charge is -2.61. The first-order valence-corrected chi connectivity index (χ1v) is 10.6. The Morgan fingerprint density at radius 2 is 2.04 bits per heavy atom. The number of ether oxygens (including phenoxy) is 1. The molecule has 2 bridgehead atoms. The number of carbonyl (C=O) groups is 2. The highest BCUT2D eigenvalue weighted by atomic mass is 32.1. The minimum Gasteiger partial charge on any atom is -0.497 e. The van der Waals surface area contributed by atoms with E-state index in [9.17, 15) is 9.59 Å². The summed E-state index contributed by atoms with van der Waals surface area (Å²) >= 11 is 1.44. The summed E-state index contributed by atoms with van der Waals surface area (Å²) in [5.74, 6) is 1.65. The van der Waals surface area contributed by atoms with Gasteiger partial charge in [0.2, 0.25) is 5.91 Å². The van der Waals surface area contributed by atoms with E-state index in [1.807, 2.05) is 23.1 Å². The van der Waals surface area contributed by atoms with Crippen molar-refractivity contribution < 1.29 is 14.3 Å². The number of amides is 2. The lowest BCUT2D eigenvalue weighted by molar-refractivity contribution is -0.176. The van der Waals surface area contributed by atoms with Gasteiger partial charge in [-0.1, -0.05) is 6.07 Å². The van der Waals surface area contributed by atoms with E-state index in [0.29, 0.717) is 28.9 Å². The molecule has 28 heavy (non-hydrogen) atoms. The molecular formula is C21H23N3O3S. The van der Waals surface area contributed by atoms with E-state index in [1.54, 1.807) is 13.2 Å². The molecule has 1 aromatic carbocycles. The minimum atomic E-state index is -0.201. The predicted molar refractivity (Wildman–Crippen MR) is 107 cm³/mol. The standard InChI is InChI=1S/C21H23N3O3S/c1-27-15-4-2-3-14(9-15)22-18(25)19-23-16-5-7-24(8-6-17(16)28-19)20(26)21-10-13(11-21)12-21/h2-4,9,13H,5-8,10-12H2,1H3,(H,22,25). The zero-order valence-corrected chi connectivity index (χ0v) is 16.7. The third-order valence-corrected chi connectivity index (χ3v) is 7.46. The summed E-state index contributed by atoms with van der Waals surface area (Å²) in [5, 5.41) is 3.37. The molecule has 7 heteroatoms. The van der Waals surface area contributed by atoms with Crippen LogP contribution >= 0.6 is 11.3 Å². The van der Waals surface area contributed by atoms with E-state index < -0.39 is 0 Å². The van der Waals surface area contributed by atoms with Gasteiger partial charge < -0.3 is 15.0 Å². The maximum Gasteiger partial charge on any atom is 0.284 e. The summed E-state index contributed by atoms with van der Waals surface area (Å²) in [6, 6.07) is 7.28. The van der Waals surface area contributed by atoms with Gasteiger partial charge in [-0.05, 0) is 37.3 Å². The van der Waals surface area contributed by atoms with E-state index >= 15 is 0 Å². The number of carbonyl (C=O) groups excluding carboxylic acids is 2. The first kappa shape index (κ1) is 17.7. The molecule has 0 saturated heterocycles. The fourth-order valence-electron chi connectivity index (χ4n) is 4.62. The summed E-state index contributed by atoms with van der Waals surface area (Å²) in [5.41, 5.74) is 1.64. The Morgan fingerprint density at radius 3 is 2.75 bits per heavy atom. The third kappa shape index (κ3) is 2.89. The van der Waals surface area contributed by atoms with Gasteiger partial charge in [-0.2, -0.15) is 0 Å². The Bertz CT molecular complexity index is 912. The van der Waals surface area contributed by atoms with Crippen LogP contribution in [0.2, 0.25) is 0 Å². The van der Waals surface area contributed by atoms with Crippen LogP contribution in [0.25, 0.3) is 0 Å². The highest BCUT2D eigenvalue weighted by Gasteiger charge is 2.62. The van der Waals surface area contributed by atoms with Crippen LogP contribution in [0, 0.1) is 11.3 Å². The number of nitrogens with zero attached hydrogens (tertiary/aromatic N) is 2. The van der Waals surface area contributed by atoms with Crippen molar-refractivity contribution >= 4 is 28.8 Å². The topological polar surface area (TPSA) is 71.5 Å². The minimum absolute atomic E-state index is 0.0162. The van der Waals surface area contributed by atoms with Gasteiger partial charge in [0.1, 0.15) is 5.75 Å². The zero-order valence-electron chi connectivity index (χ0n) is 15.9. The normalized spacial score (nSPS) is 25.0. The number of nitrogens with one attached hydrogen (secondary N) is 1. The van der Waals surface area contributed by atoms with Crippen molar-refractivity contribution in [2.45, 2.75) is 32.1 Å². The summed E-state index contributed by atoms with van der Waals surface area (Å²) in [6.07, 6.45) is 4.79. The summed E-state index contributed by atoms with van der Waals surface area (Å²) in [6.45, 7) is 1.44. The molecule has 1 aliphatic heterocycles. The molecule has 0 spiro atoms. The first-order chi connectivity index (χ1) is 13.6. The fraction of sp³-hybridized carbons (Fsp3) is 0.476. The molecule has 0 atom stereocenters. The number of rotatable bonds is 4. The Labute approximate surface area is 167 Å². The average Bonchev–Trinajstić information content (AvgIpc) is 2.92. The van der Waals surface area contributed by atoms with Gasteiger partial charge in [0.15, 0.2) is 5.01 Å². The number of benzene rings is 1. The molecular weight excluding hydrogens is 374 g/mol. The molecule has 146 valence electrons. The lowest BCUT2D eigenvalue weighted by Crippen LogP contribution is -2.61. The maximum atomic E-state index is 12.8. The van der Waals surface area contributed by atoms with E-state index in [1.165, 1.54) is 11.3 Å². The fourth-order valence-corrected chi connectivity index (χ4v) is 5.62. The van der Waals surface area contributed by atoms with Gasteiger partial charge in [-0.3, -0.25) is 9.59 Å². The molecule has 3 saturated carbocycles. The molecule has 6 nitrogen and oxygen atoms in total. The highest BCUT2D eigenvalue weighted by molar-refractivity contribution is 7.13. The SMILES string of the molecule is COc1cccc(NC(=O)c2nc3c(s2)CCN(C(=O)C24CC(C2)C4)CC3)c1. The molecule has 2 amide bonds. The number of thiazole rings is 1. The van der Waals surface area contributed by atoms with E-state index in [4.69, 9.17) is 4.74 Å². The van der Waals surface area contributed by atoms with Crippen molar-refractivity contribution in [1.82, 2.24) is 9.88 Å². The van der Waals surface area contributed by atoms with Gasteiger partial charge in [-0.25, -0.2) is 4.98 Å². The molecule has 2 heterocycles. The van der Waals surface area contributed by atoms with Crippen LogP contribution in [0.1, 0.15) is 39.6 Å². The summed E-state index contributed by atoms with van der Waals surface area (Å²) in [4.78, 5) is 33.2. The van der Waals surface area contributed by atoms with Crippen LogP contribution in [-0.2, 0) is 17.6 Å². The zero-order chi connectivity index (χ0) is 19.3. The number of hydrogen-bond donors (Lipinski definition) is 1. The van der Waals surface area contributed by atoms with Crippen molar-refractivity contribution in [1.29, 1.82) is 0 Å². The second-order valence-corrected chi connectivity index (χ2v) is 9.21. The molecule has 3 aliphatic carbocycles. The van der Waals surface area contributed by atoms with Crippen LogP contribution in [0.4, 0.5) is 5.69 Å². The second-order valence-electron chi connectivity index (χ2n) is 8.13. The number of aromatic nitrogens is 1. The van der Waals surface area contributed by atoms with Gasteiger partial charge in [0, 0.05) is 42.6 Å². The van der Waals surface area contributed by atoms with Crippen LogP contribution in [0.5, 0.6) is 5.75 Å². The Balaban J connectivity index is 1.25. The Kier molecular flexibility index (Phi) is 4.16. The molecule has 6 rings (SSSR count). The lowest BCUT2D eigenvalue weighted by atomic mass is 9.44. The quantitative estimate of drug-likeness (QED) is 0.860. The number of hydrogen-bond acceptors (Lipinski definition) is 5. The van der Waals surface area contributed by atoms with Crippen molar-refractivity contribution in [3.05, 3.63) is 39.8 Å². The van der Waals surface area contributed by atoms with Crippen LogP contribution in [0.15, 0.2) is 24.3 Å². The Morgan fingerprint density at radius 1 is 1.25 bits per heavy atom. The highest BCUT2D eigenvalue weighted by Crippen LogP contribution is 2.65. The molecule has 0 radical (unpaired) electrons.